The van der Waals surface area contributed by atoms with Crippen LogP contribution in [0.2, 0.25) is 0 Å². The summed E-state index contributed by atoms with van der Waals surface area (Å²) in [5.74, 6) is 0.642. The third-order valence-electron chi connectivity index (χ3n) is 5.21. The number of nitrogens with one attached hydrogen (secondary N) is 1. The van der Waals surface area contributed by atoms with Crippen LogP contribution in [0.1, 0.15) is 23.6 Å². The van der Waals surface area contributed by atoms with Crippen molar-refractivity contribution in [1.82, 2.24) is 5.43 Å². The van der Waals surface area contributed by atoms with Gasteiger partial charge in [-0.15, -0.1) is 0 Å². The number of benzene rings is 3. The quantitative estimate of drug-likeness (QED) is 0.317. The number of amides is 2. The molecule has 0 spiro atoms. The molecule has 1 saturated heterocycles. The first-order chi connectivity index (χ1) is 16.0. The van der Waals surface area contributed by atoms with E-state index in [0.29, 0.717) is 30.2 Å². The number of nitrogens with zero attached hydrogens (tertiary/aromatic N) is 1. The smallest absolute Gasteiger partial charge is 0.282 e. The number of ether oxygens (including phenoxy) is 2. The van der Waals surface area contributed by atoms with E-state index in [9.17, 15) is 9.59 Å². The molecule has 33 heavy (non-hydrogen) atoms. The molecule has 1 fully saturated rings. The molecule has 6 heteroatoms. The average molecular weight is 443 g/mol. The number of hydrogen-bond acceptors (Lipinski definition) is 4. The van der Waals surface area contributed by atoms with Gasteiger partial charge in [-0.1, -0.05) is 43.3 Å². The fourth-order valence-corrected chi connectivity index (χ4v) is 3.61. The average Bonchev–Trinajstić information content (AvgIpc) is 3.10. The highest BCUT2D eigenvalue weighted by atomic mass is 16.5. The van der Waals surface area contributed by atoms with E-state index in [2.05, 4.69) is 25.3 Å². The third-order valence-corrected chi connectivity index (χ3v) is 5.21. The van der Waals surface area contributed by atoms with Crippen LogP contribution in [0, 0.1) is 6.92 Å². The number of rotatable bonds is 8. The van der Waals surface area contributed by atoms with Crippen LogP contribution in [0.3, 0.4) is 0 Å². The summed E-state index contributed by atoms with van der Waals surface area (Å²) < 4.78 is 11.6. The Balaban J connectivity index is 1.38. The predicted molar refractivity (Wildman–Crippen MR) is 128 cm³/mol. The van der Waals surface area contributed by atoms with Crippen molar-refractivity contribution in [3.63, 3.8) is 0 Å². The van der Waals surface area contributed by atoms with Gasteiger partial charge < -0.3 is 9.47 Å². The van der Waals surface area contributed by atoms with Crippen molar-refractivity contribution in [2.24, 2.45) is 0 Å². The summed E-state index contributed by atoms with van der Waals surface area (Å²) in [6.07, 6.45) is 2.53. The number of para-hydroxylation sites is 1. The van der Waals surface area contributed by atoms with Gasteiger partial charge in [0.2, 0.25) is 0 Å². The summed E-state index contributed by atoms with van der Waals surface area (Å²) in [7, 11) is 0. The molecule has 0 saturated carbocycles. The van der Waals surface area contributed by atoms with E-state index in [4.69, 9.17) is 9.47 Å². The second kappa shape index (κ2) is 10.0. The Labute approximate surface area is 193 Å². The lowest BCUT2D eigenvalue weighted by molar-refractivity contribution is -0.117. The van der Waals surface area contributed by atoms with Crippen LogP contribution in [-0.4, -0.2) is 25.0 Å². The van der Waals surface area contributed by atoms with Crippen LogP contribution < -0.4 is 19.9 Å². The zero-order valence-electron chi connectivity index (χ0n) is 18.7. The number of anilines is 1. The van der Waals surface area contributed by atoms with Gasteiger partial charge in [0.1, 0.15) is 30.3 Å². The predicted octanol–water partition coefficient (Wildman–Crippen LogP) is 4.48. The van der Waals surface area contributed by atoms with Crippen LogP contribution in [0.15, 0.2) is 78.4 Å². The van der Waals surface area contributed by atoms with Crippen LogP contribution in [0.25, 0.3) is 6.08 Å². The Morgan fingerprint density at radius 2 is 1.64 bits per heavy atom. The molecule has 1 N–H and O–H groups in total. The molecule has 0 atom stereocenters. The van der Waals surface area contributed by atoms with Gasteiger partial charge in [0.25, 0.3) is 11.8 Å². The molecule has 2 amide bonds. The Hall–Kier alpha value is -4.06. The summed E-state index contributed by atoms with van der Waals surface area (Å²) in [5, 5.41) is 1.25. The standard InChI is InChI=1S/C27H26N2O4/c1-3-20-14-19(2)15-24(16-20)33-13-12-32-23-11-7-8-21(17-23)18-25-26(30)28-29(27(25)31)22-9-5-4-6-10-22/h4-11,14-18H,3,12-13H2,1-2H3,(H,28,30). The molecule has 0 bridgehead atoms. The Kier molecular flexibility index (Phi) is 6.74. The molecule has 1 aliphatic heterocycles. The monoisotopic (exact) mass is 442 g/mol. The third kappa shape index (κ3) is 5.41. The molecule has 1 aliphatic rings. The second-order valence-corrected chi connectivity index (χ2v) is 7.75. The molecular weight excluding hydrogens is 416 g/mol. The first-order valence-electron chi connectivity index (χ1n) is 10.9. The van der Waals surface area contributed by atoms with Gasteiger partial charge in [-0.2, -0.15) is 0 Å². The first kappa shape index (κ1) is 22.1. The maximum absolute atomic E-state index is 12.7. The highest BCUT2D eigenvalue weighted by molar-refractivity contribution is 6.31. The Morgan fingerprint density at radius 3 is 2.39 bits per heavy atom. The highest BCUT2D eigenvalue weighted by Gasteiger charge is 2.34. The van der Waals surface area contributed by atoms with Crippen molar-refractivity contribution in [2.75, 3.05) is 18.2 Å². The maximum atomic E-state index is 12.7. The summed E-state index contributed by atoms with van der Waals surface area (Å²) in [6, 6.07) is 22.5. The molecule has 168 valence electrons. The van der Waals surface area contributed by atoms with Crippen LogP contribution in [0.4, 0.5) is 5.69 Å². The van der Waals surface area contributed by atoms with Crippen molar-refractivity contribution in [1.29, 1.82) is 0 Å². The zero-order chi connectivity index (χ0) is 23.2. The minimum Gasteiger partial charge on any atom is -0.490 e. The summed E-state index contributed by atoms with van der Waals surface area (Å²) in [6.45, 7) is 4.95. The maximum Gasteiger partial charge on any atom is 0.282 e. The second-order valence-electron chi connectivity index (χ2n) is 7.75. The minimum atomic E-state index is -0.437. The van der Waals surface area contributed by atoms with Crippen molar-refractivity contribution >= 4 is 23.6 Å². The molecule has 0 unspecified atom stereocenters. The number of aryl methyl sites for hydroxylation is 2. The van der Waals surface area contributed by atoms with Gasteiger partial charge in [0, 0.05) is 0 Å². The SMILES string of the molecule is CCc1cc(C)cc(OCCOc2cccc(C=C3C(=O)NN(c4ccccc4)C3=O)c2)c1. The number of hydrazine groups is 1. The number of carbonyl (C=O) groups is 2. The van der Waals surface area contributed by atoms with E-state index in [1.165, 1.54) is 16.1 Å². The van der Waals surface area contributed by atoms with Crippen LogP contribution in [0.5, 0.6) is 11.5 Å². The lowest BCUT2D eigenvalue weighted by atomic mass is 10.1. The van der Waals surface area contributed by atoms with Gasteiger partial charge in [-0.3, -0.25) is 15.0 Å². The van der Waals surface area contributed by atoms with Crippen molar-refractivity contribution in [3.05, 3.63) is 95.1 Å². The van der Waals surface area contributed by atoms with Crippen LogP contribution in [-0.2, 0) is 16.0 Å². The fourth-order valence-electron chi connectivity index (χ4n) is 3.61. The van der Waals surface area contributed by atoms with Crippen LogP contribution >= 0.6 is 0 Å². The van der Waals surface area contributed by atoms with Crippen molar-refractivity contribution in [3.8, 4) is 11.5 Å². The Morgan fingerprint density at radius 1 is 0.879 bits per heavy atom. The Bertz CT molecular complexity index is 1190. The molecular formula is C27H26N2O4. The summed E-state index contributed by atoms with van der Waals surface area (Å²) in [5.41, 5.74) is 6.39. The largest absolute Gasteiger partial charge is 0.490 e. The van der Waals surface area contributed by atoms with Gasteiger partial charge >= 0.3 is 0 Å². The lowest BCUT2D eigenvalue weighted by Gasteiger charge is -2.13. The van der Waals surface area contributed by atoms with Crippen molar-refractivity contribution < 1.29 is 19.1 Å². The summed E-state index contributed by atoms with van der Waals surface area (Å²) in [4.78, 5) is 25.1. The van der Waals surface area contributed by atoms with E-state index in [1.54, 1.807) is 24.3 Å². The first-order valence-corrected chi connectivity index (χ1v) is 10.9. The topological polar surface area (TPSA) is 67.9 Å². The fraction of sp³-hybridized carbons (Fsp3) is 0.185. The molecule has 0 radical (unpaired) electrons. The van der Waals surface area contributed by atoms with E-state index in [1.807, 2.05) is 48.5 Å². The van der Waals surface area contributed by atoms with E-state index < -0.39 is 11.8 Å². The van der Waals surface area contributed by atoms with Gasteiger partial charge in [0.05, 0.1) is 5.69 Å². The molecule has 3 aromatic carbocycles. The number of carbonyl (C=O) groups excluding carboxylic acids is 2. The number of hydrogen-bond donors (Lipinski definition) is 1. The van der Waals surface area contributed by atoms with Crippen molar-refractivity contribution in [2.45, 2.75) is 20.3 Å². The van der Waals surface area contributed by atoms with E-state index in [-0.39, 0.29) is 5.57 Å². The molecule has 6 nitrogen and oxygen atoms in total. The highest BCUT2D eigenvalue weighted by Crippen LogP contribution is 2.23. The van der Waals surface area contributed by atoms with E-state index >= 15 is 0 Å². The molecule has 3 aromatic rings. The molecule has 1 heterocycles. The molecule has 4 rings (SSSR count). The lowest BCUT2D eigenvalue weighted by Crippen LogP contribution is -2.35. The minimum absolute atomic E-state index is 0.0745. The zero-order valence-corrected chi connectivity index (χ0v) is 18.7. The normalized spacial score (nSPS) is 14.5. The van der Waals surface area contributed by atoms with Gasteiger partial charge in [-0.25, -0.2) is 5.01 Å². The van der Waals surface area contributed by atoms with E-state index in [0.717, 1.165) is 12.2 Å². The summed E-state index contributed by atoms with van der Waals surface area (Å²) >= 11 is 0. The van der Waals surface area contributed by atoms with Gasteiger partial charge in [0.15, 0.2) is 0 Å². The van der Waals surface area contributed by atoms with Gasteiger partial charge in [-0.05, 0) is 72.5 Å². The molecule has 0 aliphatic carbocycles. The molecule has 0 aromatic heterocycles.